The van der Waals surface area contributed by atoms with Gasteiger partial charge in [0.25, 0.3) is 0 Å². The van der Waals surface area contributed by atoms with Crippen molar-refractivity contribution in [3.63, 3.8) is 0 Å². The van der Waals surface area contributed by atoms with E-state index in [-0.39, 0.29) is 24.3 Å². The fraction of sp³-hybridized carbons (Fsp3) is 0.220. The van der Waals surface area contributed by atoms with Gasteiger partial charge in [-0.05, 0) is 52.1 Å². The summed E-state index contributed by atoms with van der Waals surface area (Å²) in [5, 5.41) is 0. The van der Waals surface area contributed by atoms with Gasteiger partial charge in [0.05, 0.1) is 50.8 Å². The van der Waals surface area contributed by atoms with Crippen molar-refractivity contribution in [1.29, 1.82) is 0 Å². The summed E-state index contributed by atoms with van der Waals surface area (Å²) in [6.07, 6.45) is 1.05. The van der Waals surface area contributed by atoms with Crippen molar-refractivity contribution in [2.75, 3.05) is 26.4 Å². The van der Waals surface area contributed by atoms with Crippen molar-refractivity contribution in [3.8, 4) is 16.9 Å². The Morgan fingerprint density at radius 3 is 1.42 bits per heavy atom. The summed E-state index contributed by atoms with van der Waals surface area (Å²) in [6, 6.07) is 42.4. The smallest absolute Gasteiger partial charge is 0.339 e. The van der Waals surface area contributed by atoms with Gasteiger partial charge < -0.3 is 23.7 Å². The average Bonchev–Trinajstić information content (AvgIpc) is 3.14. The molecule has 5 rings (SSSR count). The molecule has 0 aliphatic carbocycles. The lowest BCUT2D eigenvalue weighted by Crippen LogP contribution is -2.16. The second-order valence-corrected chi connectivity index (χ2v) is 11.1. The Bertz CT molecular complexity index is 1690. The minimum atomic E-state index is -0.596. The molecule has 5 aromatic carbocycles. The van der Waals surface area contributed by atoms with E-state index in [4.69, 9.17) is 23.7 Å². The molecule has 0 aliphatic heterocycles. The Morgan fingerprint density at radius 1 is 0.438 bits per heavy atom. The minimum Gasteiger partial charge on any atom is -0.489 e. The highest BCUT2D eigenvalue weighted by Crippen LogP contribution is 2.26. The molecule has 0 spiro atoms. The molecule has 0 unspecified atom stereocenters. The van der Waals surface area contributed by atoms with Crippen molar-refractivity contribution < 1.29 is 33.3 Å². The maximum atomic E-state index is 13.3. The summed E-state index contributed by atoms with van der Waals surface area (Å²) >= 11 is 0. The van der Waals surface area contributed by atoms with Crippen LogP contribution in [-0.4, -0.2) is 38.4 Å². The van der Waals surface area contributed by atoms with Crippen LogP contribution >= 0.6 is 0 Å². The number of esters is 2. The number of carbonyl (C=O) groups excluding carboxylic acids is 2. The van der Waals surface area contributed by atoms with Gasteiger partial charge in [0.1, 0.15) is 12.4 Å². The topological polar surface area (TPSA) is 80.3 Å². The highest BCUT2D eigenvalue weighted by atomic mass is 16.5. The van der Waals surface area contributed by atoms with E-state index in [1.54, 1.807) is 18.2 Å². The summed E-state index contributed by atoms with van der Waals surface area (Å²) < 4.78 is 28.4. The molecule has 0 bridgehead atoms. The number of ether oxygens (including phenoxy) is 5. The van der Waals surface area contributed by atoms with Gasteiger partial charge in [-0.3, -0.25) is 0 Å². The lowest BCUT2D eigenvalue weighted by molar-refractivity contribution is 0.0389. The zero-order chi connectivity index (χ0) is 33.2. The van der Waals surface area contributed by atoms with Crippen LogP contribution in [0.1, 0.15) is 50.2 Å². The summed E-state index contributed by atoms with van der Waals surface area (Å²) in [5.74, 6) is -0.460. The largest absolute Gasteiger partial charge is 0.489 e. The predicted molar refractivity (Wildman–Crippen MR) is 185 cm³/mol. The molecule has 0 aliphatic rings. The monoisotopic (exact) mass is 644 g/mol. The molecule has 0 N–H and O–H groups in total. The molecule has 0 fully saturated rings. The second-order valence-electron chi connectivity index (χ2n) is 11.1. The quantitative estimate of drug-likeness (QED) is 0.0699. The maximum Gasteiger partial charge on any atom is 0.339 e. The Hall–Kier alpha value is -5.24. The van der Waals surface area contributed by atoms with E-state index < -0.39 is 11.9 Å². The van der Waals surface area contributed by atoms with Crippen LogP contribution < -0.4 is 4.74 Å². The Morgan fingerprint density at radius 2 is 0.896 bits per heavy atom. The lowest BCUT2D eigenvalue weighted by Gasteiger charge is -2.13. The first-order valence-electron chi connectivity index (χ1n) is 16.1. The predicted octanol–water partition coefficient (Wildman–Crippen LogP) is 8.46. The number of rotatable bonds is 18. The van der Waals surface area contributed by atoms with Gasteiger partial charge in [0, 0.05) is 12.8 Å². The molecule has 0 atom stereocenters. The molecule has 7 nitrogen and oxygen atoms in total. The Labute approximate surface area is 282 Å². The second kappa shape index (κ2) is 18.8. The zero-order valence-electron chi connectivity index (χ0n) is 26.9. The maximum absolute atomic E-state index is 13.3. The Balaban J connectivity index is 1.18. The summed E-state index contributed by atoms with van der Waals surface area (Å²) in [5.41, 5.74) is 5.15. The molecule has 0 heterocycles. The molecule has 0 saturated heterocycles. The lowest BCUT2D eigenvalue weighted by atomic mass is 9.99. The summed E-state index contributed by atoms with van der Waals surface area (Å²) in [7, 11) is 0. The van der Waals surface area contributed by atoms with Gasteiger partial charge in [-0.25, -0.2) is 9.59 Å². The highest BCUT2D eigenvalue weighted by Gasteiger charge is 2.21. The first kappa shape index (κ1) is 34.1. The number of hydrogen-bond acceptors (Lipinski definition) is 7. The van der Waals surface area contributed by atoms with Crippen molar-refractivity contribution in [3.05, 3.63) is 161 Å². The fourth-order valence-corrected chi connectivity index (χ4v) is 4.89. The third-order valence-electron chi connectivity index (χ3n) is 7.45. The number of carbonyl (C=O) groups is 2. The molecule has 5 aromatic rings. The van der Waals surface area contributed by atoms with Crippen LogP contribution in [0.5, 0.6) is 5.75 Å². The van der Waals surface area contributed by atoms with E-state index in [0.29, 0.717) is 45.9 Å². The van der Waals surface area contributed by atoms with Crippen molar-refractivity contribution in [2.45, 2.75) is 32.7 Å². The average molecular weight is 645 g/mol. The van der Waals surface area contributed by atoms with Crippen LogP contribution in [0, 0.1) is 0 Å². The molecule has 0 radical (unpaired) electrons. The van der Waals surface area contributed by atoms with E-state index in [0.717, 1.165) is 33.6 Å². The highest BCUT2D eigenvalue weighted by molar-refractivity contribution is 6.04. The SMILES string of the molecule is O=C(OCCCOCc1ccccc1)c1ccc(-c2ccc(OCc3ccccc3)cc2)cc1C(=O)OCCCOCc1ccccc1. The van der Waals surface area contributed by atoms with Crippen LogP contribution in [0.3, 0.4) is 0 Å². The van der Waals surface area contributed by atoms with Crippen molar-refractivity contribution >= 4 is 11.9 Å². The first-order chi connectivity index (χ1) is 23.7. The van der Waals surface area contributed by atoms with Gasteiger partial charge in [-0.2, -0.15) is 0 Å². The van der Waals surface area contributed by atoms with Crippen LogP contribution in [0.2, 0.25) is 0 Å². The normalized spacial score (nSPS) is 10.8. The molecular formula is C41H40O7. The Kier molecular flexibility index (Phi) is 13.4. The van der Waals surface area contributed by atoms with Gasteiger partial charge in [-0.1, -0.05) is 109 Å². The van der Waals surface area contributed by atoms with E-state index in [1.165, 1.54) is 0 Å². The molecular weight excluding hydrogens is 604 g/mol. The molecule has 48 heavy (non-hydrogen) atoms. The number of benzene rings is 5. The van der Waals surface area contributed by atoms with Gasteiger partial charge >= 0.3 is 11.9 Å². The van der Waals surface area contributed by atoms with Crippen molar-refractivity contribution in [1.82, 2.24) is 0 Å². The standard InChI is InChI=1S/C41H40O7/c42-40(46-26-10-24-44-29-32-12-4-1-5-13-32)38-23-20-36(35-18-21-37(22-19-35)48-31-34-16-8-3-9-17-34)28-39(38)41(43)47-27-11-25-45-30-33-14-6-2-7-15-33/h1-9,12-23,28H,10-11,24-27,29-31H2. The van der Waals surface area contributed by atoms with E-state index >= 15 is 0 Å². The number of hydrogen-bond donors (Lipinski definition) is 0. The molecule has 0 saturated carbocycles. The van der Waals surface area contributed by atoms with Crippen LogP contribution in [0.4, 0.5) is 0 Å². The first-order valence-corrected chi connectivity index (χ1v) is 16.1. The molecule has 7 heteroatoms. The van der Waals surface area contributed by atoms with Crippen LogP contribution in [0.15, 0.2) is 133 Å². The van der Waals surface area contributed by atoms with E-state index in [2.05, 4.69) is 0 Å². The summed E-state index contributed by atoms with van der Waals surface area (Å²) in [4.78, 5) is 26.5. The molecule has 246 valence electrons. The van der Waals surface area contributed by atoms with E-state index in [1.807, 2.05) is 115 Å². The third-order valence-corrected chi connectivity index (χ3v) is 7.45. The molecule has 0 aromatic heterocycles. The third kappa shape index (κ3) is 10.9. The zero-order valence-corrected chi connectivity index (χ0v) is 26.9. The fourth-order valence-electron chi connectivity index (χ4n) is 4.89. The molecule has 0 amide bonds. The minimum absolute atomic E-state index is 0.146. The van der Waals surface area contributed by atoms with Crippen LogP contribution in [0.25, 0.3) is 11.1 Å². The van der Waals surface area contributed by atoms with Gasteiger partial charge in [-0.15, -0.1) is 0 Å². The van der Waals surface area contributed by atoms with Crippen molar-refractivity contribution in [2.24, 2.45) is 0 Å². The van der Waals surface area contributed by atoms with Gasteiger partial charge in [0.15, 0.2) is 0 Å². The summed E-state index contributed by atoms with van der Waals surface area (Å²) in [6.45, 7) is 2.62. The van der Waals surface area contributed by atoms with E-state index in [9.17, 15) is 9.59 Å². The van der Waals surface area contributed by atoms with Crippen LogP contribution in [-0.2, 0) is 38.8 Å². The van der Waals surface area contributed by atoms with Gasteiger partial charge in [0.2, 0.25) is 0 Å².